The number of rotatable bonds is 6. The first-order valence-electron chi connectivity index (χ1n) is 8.87. The highest BCUT2D eigenvalue weighted by atomic mass is 19.1. The molecule has 136 valence electrons. The molecule has 1 aliphatic carbocycles. The molecule has 0 bridgehead atoms. The van der Waals surface area contributed by atoms with Crippen molar-refractivity contribution in [3.05, 3.63) is 65.5 Å². The van der Waals surface area contributed by atoms with Crippen LogP contribution in [0.4, 0.5) is 10.1 Å². The minimum absolute atomic E-state index is 0.111. The van der Waals surface area contributed by atoms with Crippen LogP contribution in [0, 0.1) is 17.7 Å². The molecule has 0 saturated heterocycles. The Morgan fingerprint density at radius 3 is 2.38 bits per heavy atom. The highest BCUT2D eigenvalue weighted by molar-refractivity contribution is 6.00. The SMILES string of the molecule is CC(C)c1ccccc1NC(=O)C1CC1C(=O)NCc1ccc(F)cc1. The first-order valence-corrected chi connectivity index (χ1v) is 8.87. The molecule has 0 heterocycles. The molecule has 26 heavy (non-hydrogen) atoms. The second kappa shape index (κ2) is 7.68. The van der Waals surface area contributed by atoms with Crippen molar-refractivity contribution >= 4 is 17.5 Å². The summed E-state index contributed by atoms with van der Waals surface area (Å²) >= 11 is 0. The number of para-hydroxylation sites is 1. The van der Waals surface area contributed by atoms with Gasteiger partial charge in [0.15, 0.2) is 0 Å². The van der Waals surface area contributed by atoms with Gasteiger partial charge < -0.3 is 10.6 Å². The zero-order chi connectivity index (χ0) is 18.7. The lowest BCUT2D eigenvalue weighted by molar-refractivity contribution is -0.125. The van der Waals surface area contributed by atoms with Crippen LogP contribution in [0.1, 0.15) is 37.3 Å². The standard InChI is InChI=1S/C21H23FN2O2/c1-13(2)16-5-3-4-6-19(16)24-21(26)18-11-17(18)20(25)23-12-14-7-9-15(22)10-8-14/h3-10,13,17-18H,11-12H2,1-2H3,(H,23,25)(H,24,26). The fourth-order valence-corrected chi connectivity index (χ4v) is 3.04. The Balaban J connectivity index is 1.52. The molecule has 5 heteroatoms. The molecule has 3 rings (SSSR count). The summed E-state index contributed by atoms with van der Waals surface area (Å²) in [5.41, 5.74) is 2.72. The van der Waals surface area contributed by atoms with Crippen LogP contribution in [-0.4, -0.2) is 11.8 Å². The van der Waals surface area contributed by atoms with Crippen LogP contribution in [0.3, 0.4) is 0 Å². The molecular formula is C21H23FN2O2. The number of benzene rings is 2. The maximum Gasteiger partial charge on any atom is 0.228 e. The van der Waals surface area contributed by atoms with Crippen LogP contribution in [0.25, 0.3) is 0 Å². The lowest BCUT2D eigenvalue weighted by atomic mass is 10.0. The fraction of sp³-hybridized carbons (Fsp3) is 0.333. The van der Waals surface area contributed by atoms with E-state index in [4.69, 9.17) is 0 Å². The number of carbonyl (C=O) groups excluding carboxylic acids is 2. The Kier molecular flexibility index (Phi) is 5.35. The first kappa shape index (κ1) is 18.1. The monoisotopic (exact) mass is 354 g/mol. The van der Waals surface area contributed by atoms with Crippen molar-refractivity contribution in [3.63, 3.8) is 0 Å². The van der Waals surface area contributed by atoms with Crippen LogP contribution in [0.15, 0.2) is 48.5 Å². The minimum Gasteiger partial charge on any atom is -0.352 e. The van der Waals surface area contributed by atoms with Gasteiger partial charge in [0.05, 0.1) is 11.8 Å². The molecule has 0 radical (unpaired) electrons. The molecule has 1 fully saturated rings. The van der Waals surface area contributed by atoms with Gasteiger partial charge in [0.1, 0.15) is 5.82 Å². The Morgan fingerprint density at radius 2 is 1.69 bits per heavy atom. The van der Waals surface area contributed by atoms with E-state index in [9.17, 15) is 14.0 Å². The van der Waals surface area contributed by atoms with Gasteiger partial charge in [-0.25, -0.2) is 4.39 Å². The molecule has 2 N–H and O–H groups in total. The van der Waals surface area contributed by atoms with E-state index in [-0.39, 0.29) is 29.5 Å². The van der Waals surface area contributed by atoms with Gasteiger partial charge in [-0.1, -0.05) is 44.2 Å². The van der Waals surface area contributed by atoms with Crippen molar-refractivity contribution in [1.29, 1.82) is 0 Å². The third kappa shape index (κ3) is 4.28. The van der Waals surface area contributed by atoms with Crippen molar-refractivity contribution in [1.82, 2.24) is 5.32 Å². The largest absolute Gasteiger partial charge is 0.352 e. The van der Waals surface area contributed by atoms with Gasteiger partial charge >= 0.3 is 0 Å². The smallest absolute Gasteiger partial charge is 0.228 e. The van der Waals surface area contributed by atoms with E-state index in [1.54, 1.807) is 12.1 Å². The number of amides is 2. The Hall–Kier alpha value is -2.69. The van der Waals surface area contributed by atoms with Gasteiger partial charge in [-0.3, -0.25) is 9.59 Å². The third-order valence-corrected chi connectivity index (χ3v) is 4.68. The minimum atomic E-state index is -0.305. The topological polar surface area (TPSA) is 58.2 Å². The molecule has 4 nitrogen and oxygen atoms in total. The van der Waals surface area contributed by atoms with Crippen LogP contribution in [0.2, 0.25) is 0 Å². The van der Waals surface area contributed by atoms with Crippen LogP contribution >= 0.6 is 0 Å². The zero-order valence-electron chi connectivity index (χ0n) is 15.0. The quantitative estimate of drug-likeness (QED) is 0.828. The molecule has 0 aromatic heterocycles. The predicted octanol–water partition coefficient (Wildman–Crippen LogP) is 3.84. The van der Waals surface area contributed by atoms with E-state index in [0.29, 0.717) is 18.9 Å². The summed E-state index contributed by atoms with van der Waals surface area (Å²) in [4.78, 5) is 24.7. The van der Waals surface area contributed by atoms with Crippen LogP contribution in [-0.2, 0) is 16.1 Å². The van der Waals surface area contributed by atoms with E-state index in [0.717, 1.165) is 16.8 Å². The van der Waals surface area contributed by atoms with Crippen LogP contribution in [0.5, 0.6) is 0 Å². The van der Waals surface area contributed by atoms with Crippen molar-refractivity contribution < 1.29 is 14.0 Å². The molecule has 2 aromatic rings. The third-order valence-electron chi connectivity index (χ3n) is 4.68. The number of halogens is 1. The molecule has 1 aliphatic rings. The first-order chi connectivity index (χ1) is 12.5. The molecule has 2 amide bonds. The lowest BCUT2D eigenvalue weighted by Gasteiger charge is -2.13. The zero-order valence-corrected chi connectivity index (χ0v) is 15.0. The molecule has 1 saturated carbocycles. The van der Waals surface area contributed by atoms with Crippen molar-refractivity contribution in [2.24, 2.45) is 11.8 Å². The average Bonchev–Trinajstić information content (AvgIpc) is 3.42. The van der Waals surface area contributed by atoms with Crippen molar-refractivity contribution in [2.45, 2.75) is 32.7 Å². The highest BCUT2D eigenvalue weighted by Gasteiger charge is 2.48. The summed E-state index contributed by atoms with van der Waals surface area (Å²) in [6.45, 7) is 4.49. The number of nitrogens with one attached hydrogen (secondary N) is 2. The maximum absolute atomic E-state index is 12.9. The van der Waals surface area contributed by atoms with Gasteiger partial charge in [0, 0.05) is 12.2 Å². The fourth-order valence-electron chi connectivity index (χ4n) is 3.04. The summed E-state index contributed by atoms with van der Waals surface area (Å²) in [6, 6.07) is 13.7. The summed E-state index contributed by atoms with van der Waals surface area (Å²) in [6.07, 6.45) is 0.560. The van der Waals surface area contributed by atoms with E-state index in [2.05, 4.69) is 24.5 Å². The second-order valence-corrected chi connectivity index (χ2v) is 7.02. The highest BCUT2D eigenvalue weighted by Crippen LogP contribution is 2.40. The average molecular weight is 354 g/mol. The van der Waals surface area contributed by atoms with Crippen LogP contribution < -0.4 is 10.6 Å². The Labute approximate surface area is 152 Å². The number of hydrogen-bond donors (Lipinski definition) is 2. The van der Waals surface area contributed by atoms with Crippen molar-refractivity contribution in [3.8, 4) is 0 Å². The van der Waals surface area contributed by atoms with E-state index >= 15 is 0 Å². The van der Waals surface area contributed by atoms with E-state index in [1.165, 1.54) is 12.1 Å². The molecule has 2 aromatic carbocycles. The van der Waals surface area contributed by atoms with E-state index < -0.39 is 0 Å². The summed E-state index contributed by atoms with van der Waals surface area (Å²) < 4.78 is 12.9. The van der Waals surface area contributed by atoms with Crippen molar-refractivity contribution in [2.75, 3.05) is 5.32 Å². The van der Waals surface area contributed by atoms with Gasteiger partial charge in [0.2, 0.25) is 11.8 Å². The number of anilines is 1. The Bertz CT molecular complexity index is 802. The van der Waals surface area contributed by atoms with Gasteiger partial charge in [-0.2, -0.15) is 0 Å². The summed E-state index contributed by atoms with van der Waals surface area (Å²) in [5.74, 6) is -0.821. The number of carbonyl (C=O) groups is 2. The van der Waals surface area contributed by atoms with Gasteiger partial charge in [0.25, 0.3) is 0 Å². The summed E-state index contributed by atoms with van der Waals surface area (Å²) in [5, 5.41) is 5.78. The molecule has 0 aliphatic heterocycles. The number of hydrogen-bond acceptors (Lipinski definition) is 2. The molecular weight excluding hydrogens is 331 g/mol. The summed E-state index contributed by atoms with van der Waals surface area (Å²) in [7, 11) is 0. The lowest BCUT2D eigenvalue weighted by Crippen LogP contribution is -2.27. The maximum atomic E-state index is 12.9. The predicted molar refractivity (Wildman–Crippen MR) is 99.0 cm³/mol. The molecule has 2 atom stereocenters. The van der Waals surface area contributed by atoms with Gasteiger partial charge in [-0.15, -0.1) is 0 Å². The van der Waals surface area contributed by atoms with E-state index in [1.807, 2.05) is 24.3 Å². The molecule has 2 unspecified atom stereocenters. The molecule has 0 spiro atoms. The van der Waals surface area contributed by atoms with Gasteiger partial charge in [-0.05, 0) is 41.7 Å². The Morgan fingerprint density at radius 1 is 1.04 bits per heavy atom. The second-order valence-electron chi connectivity index (χ2n) is 7.02. The normalized spacial score (nSPS) is 18.5.